The van der Waals surface area contributed by atoms with Crippen LogP contribution < -0.4 is 0 Å². The molecule has 0 rings (SSSR count). The molecular weight excluding hydrogens is 234 g/mol. The number of hydrogen-bond donors (Lipinski definition) is 2. The molecule has 0 aliphatic heterocycles. The van der Waals surface area contributed by atoms with E-state index in [0.29, 0.717) is 6.42 Å². The van der Waals surface area contributed by atoms with Crippen LogP contribution in [0.1, 0.15) is 45.4 Å². The van der Waals surface area contributed by atoms with Crippen molar-refractivity contribution in [2.24, 2.45) is 0 Å². The van der Waals surface area contributed by atoms with E-state index in [0.717, 1.165) is 12.8 Å². The molecule has 13 heavy (non-hydrogen) atoms. The fourth-order valence-corrected chi connectivity index (χ4v) is 1.73. The minimum absolute atomic E-state index is 0. The van der Waals surface area contributed by atoms with Crippen molar-refractivity contribution in [3.8, 4) is 0 Å². The monoisotopic (exact) mass is 253 g/mol. The van der Waals surface area contributed by atoms with Crippen molar-refractivity contribution in [1.82, 2.24) is 0 Å². The van der Waals surface area contributed by atoms with Crippen molar-refractivity contribution in [2.45, 2.75) is 45.4 Å². The maximum absolute atomic E-state index is 10.4. The summed E-state index contributed by atoms with van der Waals surface area (Å²) >= 11 is 0. The minimum Gasteiger partial charge on any atom is -0.324 e. The molecule has 0 fully saturated rings. The summed E-state index contributed by atoms with van der Waals surface area (Å²) in [4.78, 5) is 17.1. The van der Waals surface area contributed by atoms with Gasteiger partial charge < -0.3 is 9.79 Å². The third-order valence-corrected chi connectivity index (χ3v) is 2.70. The SMILES string of the molecule is CCCCCCCCP(=O)(O)O.[Co]. The van der Waals surface area contributed by atoms with Crippen molar-refractivity contribution in [3.63, 3.8) is 0 Å². The molecule has 3 nitrogen and oxygen atoms in total. The Morgan fingerprint density at radius 2 is 1.46 bits per heavy atom. The molecule has 0 heterocycles. The Bertz CT molecular complexity index is 146. The molecule has 0 unspecified atom stereocenters. The van der Waals surface area contributed by atoms with Crippen molar-refractivity contribution in [3.05, 3.63) is 0 Å². The van der Waals surface area contributed by atoms with E-state index in [1.54, 1.807) is 0 Å². The molecule has 83 valence electrons. The van der Waals surface area contributed by atoms with Crippen molar-refractivity contribution >= 4 is 7.60 Å². The van der Waals surface area contributed by atoms with Gasteiger partial charge in [0.15, 0.2) is 0 Å². The molecule has 0 saturated heterocycles. The summed E-state index contributed by atoms with van der Waals surface area (Å²) in [6, 6.07) is 0. The van der Waals surface area contributed by atoms with Gasteiger partial charge in [-0.25, -0.2) is 0 Å². The predicted octanol–water partition coefficient (Wildman–Crippen LogP) is 2.52. The van der Waals surface area contributed by atoms with Gasteiger partial charge in [-0.15, -0.1) is 0 Å². The van der Waals surface area contributed by atoms with Gasteiger partial charge in [0.1, 0.15) is 0 Å². The van der Waals surface area contributed by atoms with Gasteiger partial charge in [0.25, 0.3) is 0 Å². The average Bonchev–Trinajstić information content (AvgIpc) is 1.94. The zero-order chi connectivity index (χ0) is 9.45. The summed E-state index contributed by atoms with van der Waals surface area (Å²) in [6.07, 6.45) is 6.40. The third kappa shape index (κ3) is 15.4. The van der Waals surface area contributed by atoms with E-state index >= 15 is 0 Å². The molecule has 5 heteroatoms. The van der Waals surface area contributed by atoms with Crippen LogP contribution in [-0.2, 0) is 21.3 Å². The van der Waals surface area contributed by atoms with Gasteiger partial charge in [0, 0.05) is 22.9 Å². The van der Waals surface area contributed by atoms with Crippen LogP contribution >= 0.6 is 7.60 Å². The van der Waals surface area contributed by atoms with Gasteiger partial charge in [-0.05, 0) is 6.42 Å². The van der Waals surface area contributed by atoms with Gasteiger partial charge >= 0.3 is 7.60 Å². The molecule has 2 N–H and O–H groups in total. The van der Waals surface area contributed by atoms with Crippen LogP contribution in [-0.4, -0.2) is 15.9 Å². The van der Waals surface area contributed by atoms with Gasteiger partial charge in [-0.2, -0.15) is 0 Å². The van der Waals surface area contributed by atoms with Gasteiger partial charge in [-0.1, -0.05) is 39.0 Å². The summed E-state index contributed by atoms with van der Waals surface area (Å²) < 4.78 is 10.4. The first kappa shape index (κ1) is 16.1. The summed E-state index contributed by atoms with van der Waals surface area (Å²) in [5, 5.41) is 0. The summed E-state index contributed by atoms with van der Waals surface area (Å²) in [5.74, 6) is 0. The number of unbranched alkanes of at least 4 members (excludes halogenated alkanes) is 5. The summed E-state index contributed by atoms with van der Waals surface area (Å²) in [5.41, 5.74) is 0. The standard InChI is InChI=1S/C8H19O3P.Co/c1-2-3-4-5-6-7-8-12(9,10)11;/h2-8H2,1H3,(H2,9,10,11);. The Kier molecular flexibility index (Phi) is 11.4. The fourth-order valence-electron chi connectivity index (χ4n) is 1.10. The van der Waals surface area contributed by atoms with E-state index in [4.69, 9.17) is 9.79 Å². The predicted molar refractivity (Wildman–Crippen MR) is 50.3 cm³/mol. The zero-order valence-corrected chi connectivity index (χ0v) is 9.97. The second-order valence-corrected chi connectivity index (χ2v) is 4.93. The third-order valence-electron chi connectivity index (χ3n) is 1.80. The quantitative estimate of drug-likeness (QED) is 0.541. The van der Waals surface area contributed by atoms with E-state index in [-0.39, 0.29) is 22.9 Å². The van der Waals surface area contributed by atoms with E-state index in [9.17, 15) is 4.57 Å². The molecule has 0 bridgehead atoms. The molecule has 0 saturated carbocycles. The van der Waals surface area contributed by atoms with Crippen molar-refractivity contribution < 1.29 is 31.1 Å². The Labute approximate surface area is 90.7 Å². The maximum Gasteiger partial charge on any atom is 0.325 e. The Balaban J connectivity index is 0. The Hall–Kier alpha value is 0.656. The largest absolute Gasteiger partial charge is 0.325 e. The van der Waals surface area contributed by atoms with Crippen LogP contribution in [0.3, 0.4) is 0 Å². The number of rotatable bonds is 7. The smallest absolute Gasteiger partial charge is 0.324 e. The van der Waals surface area contributed by atoms with Crippen LogP contribution in [0.4, 0.5) is 0 Å². The topological polar surface area (TPSA) is 57.5 Å². The zero-order valence-electron chi connectivity index (χ0n) is 8.03. The second-order valence-electron chi connectivity index (χ2n) is 3.16. The van der Waals surface area contributed by atoms with E-state index in [1.807, 2.05) is 0 Å². The first-order valence-corrected chi connectivity index (χ1v) is 6.40. The van der Waals surface area contributed by atoms with Crippen molar-refractivity contribution in [2.75, 3.05) is 6.16 Å². The van der Waals surface area contributed by atoms with Gasteiger partial charge in [0.05, 0.1) is 0 Å². The van der Waals surface area contributed by atoms with E-state index < -0.39 is 7.60 Å². The average molecular weight is 253 g/mol. The van der Waals surface area contributed by atoms with E-state index in [1.165, 1.54) is 19.3 Å². The van der Waals surface area contributed by atoms with Crippen LogP contribution in [0.25, 0.3) is 0 Å². The Morgan fingerprint density at radius 3 is 1.92 bits per heavy atom. The molecule has 0 aromatic carbocycles. The van der Waals surface area contributed by atoms with E-state index in [2.05, 4.69) is 6.92 Å². The van der Waals surface area contributed by atoms with Crippen LogP contribution in [0.5, 0.6) is 0 Å². The molecule has 0 aromatic heterocycles. The fraction of sp³-hybridized carbons (Fsp3) is 1.00. The van der Waals surface area contributed by atoms with Crippen LogP contribution in [0, 0.1) is 0 Å². The number of hydrogen-bond acceptors (Lipinski definition) is 1. The molecular formula is C8H19CoO3P. The molecule has 0 aliphatic rings. The Morgan fingerprint density at radius 1 is 1.00 bits per heavy atom. The first-order chi connectivity index (χ1) is 5.56. The normalized spacial score (nSPS) is 11.0. The molecule has 0 spiro atoms. The van der Waals surface area contributed by atoms with Crippen LogP contribution in [0.15, 0.2) is 0 Å². The molecule has 0 aliphatic carbocycles. The molecule has 1 radical (unpaired) electrons. The molecule has 0 amide bonds. The first-order valence-electron chi connectivity index (χ1n) is 4.61. The van der Waals surface area contributed by atoms with Gasteiger partial charge in [0.2, 0.25) is 0 Å². The summed E-state index contributed by atoms with van der Waals surface area (Å²) in [6.45, 7) is 2.15. The van der Waals surface area contributed by atoms with Crippen LogP contribution in [0.2, 0.25) is 0 Å². The van der Waals surface area contributed by atoms with Crippen molar-refractivity contribution in [1.29, 1.82) is 0 Å². The molecule has 0 aromatic rings. The van der Waals surface area contributed by atoms with Gasteiger partial charge in [-0.3, -0.25) is 4.57 Å². The maximum atomic E-state index is 10.4. The minimum atomic E-state index is -3.72. The second kappa shape index (κ2) is 9.22. The molecule has 0 atom stereocenters. The summed E-state index contributed by atoms with van der Waals surface area (Å²) in [7, 11) is -3.72.